The first-order chi connectivity index (χ1) is 10.1. The maximum atomic E-state index is 12.0. The summed E-state index contributed by atoms with van der Waals surface area (Å²) < 4.78 is 5.09. The van der Waals surface area contributed by atoms with E-state index in [9.17, 15) is 4.79 Å². The molecule has 0 amide bonds. The van der Waals surface area contributed by atoms with E-state index in [-0.39, 0.29) is 5.97 Å². The van der Waals surface area contributed by atoms with Crippen LogP contribution in [0.15, 0.2) is 6.07 Å². The molecule has 3 rings (SSSR count). The van der Waals surface area contributed by atoms with E-state index in [1.807, 2.05) is 30.0 Å². The number of rotatable bonds is 3. The summed E-state index contributed by atoms with van der Waals surface area (Å²) in [5.74, 6) is 1.98. The molecule has 2 N–H and O–H groups in total. The topological polar surface area (TPSA) is 52.3 Å². The van der Waals surface area contributed by atoms with Gasteiger partial charge in [0.2, 0.25) is 0 Å². The van der Waals surface area contributed by atoms with Gasteiger partial charge in [-0.2, -0.15) is 11.8 Å². The Hall–Kier alpha value is -0.980. The lowest BCUT2D eigenvalue weighted by atomic mass is 10.2. The minimum atomic E-state index is -0.314. The summed E-state index contributed by atoms with van der Waals surface area (Å²) in [7, 11) is 0. The molecule has 0 saturated heterocycles. The standard InChI is InChI=1S/C15H17NO2S3/c1-3-18-15(17)14-12(16)8(2)13(21-14)11-6-9-7-19-5-4-10(9)20-11/h6H,3-5,7,16H2,1-2H3. The van der Waals surface area contributed by atoms with Crippen molar-refractivity contribution < 1.29 is 9.53 Å². The molecular formula is C15H17NO2S3. The van der Waals surface area contributed by atoms with E-state index in [2.05, 4.69) is 6.07 Å². The van der Waals surface area contributed by atoms with Crippen LogP contribution in [0.25, 0.3) is 9.75 Å². The van der Waals surface area contributed by atoms with Gasteiger partial charge in [-0.3, -0.25) is 0 Å². The molecule has 2 aromatic rings. The number of ether oxygens (including phenoxy) is 1. The Kier molecular flexibility index (Phi) is 4.28. The lowest BCUT2D eigenvalue weighted by molar-refractivity contribution is 0.0533. The van der Waals surface area contributed by atoms with Gasteiger partial charge in [0.05, 0.1) is 17.2 Å². The van der Waals surface area contributed by atoms with Crippen molar-refractivity contribution in [1.29, 1.82) is 0 Å². The van der Waals surface area contributed by atoms with Crippen LogP contribution in [0.4, 0.5) is 5.69 Å². The number of carbonyl (C=O) groups is 1. The van der Waals surface area contributed by atoms with Crippen molar-refractivity contribution in [2.75, 3.05) is 18.1 Å². The van der Waals surface area contributed by atoms with Crippen LogP contribution in [-0.4, -0.2) is 18.3 Å². The summed E-state index contributed by atoms with van der Waals surface area (Å²) in [5.41, 5.74) is 9.10. The van der Waals surface area contributed by atoms with Gasteiger partial charge in [0.1, 0.15) is 4.88 Å². The number of fused-ring (bicyclic) bond motifs is 1. The maximum Gasteiger partial charge on any atom is 0.350 e. The summed E-state index contributed by atoms with van der Waals surface area (Å²) >= 11 is 5.28. The number of nitrogen functional groups attached to an aromatic ring is 1. The monoisotopic (exact) mass is 339 g/mol. The quantitative estimate of drug-likeness (QED) is 0.846. The molecule has 0 aromatic carbocycles. The van der Waals surface area contributed by atoms with Gasteiger partial charge in [0.25, 0.3) is 0 Å². The first-order valence-corrected chi connectivity index (χ1v) is 9.66. The largest absolute Gasteiger partial charge is 0.462 e. The number of thiophene rings is 2. The molecule has 2 aromatic heterocycles. The second-order valence-corrected chi connectivity index (χ2v) is 8.14. The second kappa shape index (κ2) is 6.02. The minimum Gasteiger partial charge on any atom is -0.462 e. The van der Waals surface area contributed by atoms with Gasteiger partial charge in [0, 0.05) is 15.5 Å². The van der Waals surface area contributed by atoms with Crippen molar-refractivity contribution in [2.45, 2.75) is 26.0 Å². The Labute approximate surface area is 136 Å². The van der Waals surface area contributed by atoms with Gasteiger partial charge >= 0.3 is 5.97 Å². The van der Waals surface area contributed by atoms with Gasteiger partial charge in [-0.25, -0.2) is 4.79 Å². The molecule has 0 fully saturated rings. The van der Waals surface area contributed by atoms with Gasteiger partial charge in [0.15, 0.2) is 0 Å². The molecule has 0 unspecified atom stereocenters. The Morgan fingerprint density at radius 2 is 2.24 bits per heavy atom. The minimum absolute atomic E-state index is 0.314. The van der Waals surface area contributed by atoms with Crippen molar-refractivity contribution >= 4 is 46.1 Å². The molecule has 0 spiro atoms. The van der Waals surface area contributed by atoms with Crippen LogP contribution in [0.1, 0.15) is 32.6 Å². The average Bonchev–Trinajstić information content (AvgIpc) is 3.02. The summed E-state index contributed by atoms with van der Waals surface area (Å²) in [6, 6.07) is 2.26. The highest BCUT2D eigenvalue weighted by molar-refractivity contribution is 7.98. The predicted octanol–water partition coefficient (Wildman–Crippen LogP) is 4.33. The highest BCUT2D eigenvalue weighted by atomic mass is 32.2. The lowest BCUT2D eigenvalue weighted by Gasteiger charge is -2.08. The molecule has 112 valence electrons. The highest BCUT2D eigenvalue weighted by Gasteiger charge is 2.23. The number of hydrogen-bond acceptors (Lipinski definition) is 6. The van der Waals surface area contributed by atoms with Crippen molar-refractivity contribution in [1.82, 2.24) is 0 Å². The fourth-order valence-electron chi connectivity index (χ4n) is 2.37. The van der Waals surface area contributed by atoms with E-state index in [4.69, 9.17) is 10.5 Å². The third-order valence-corrected chi connectivity index (χ3v) is 7.22. The summed E-state index contributed by atoms with van der Waals surface area (Å²) in [4.78, 5) is 16.3. The zero-order chi connectivity index (χ0) is 15.0. The molecule has 3 heterocycles. The molecule has 3 nitrogen and oxygen atoms in total. The Bertz CT molecular complexity index is 664. The van der Waals surface area contributed by atoms with Gasteiger partial charge < -0.3 is 10.5 Å². The molecule has 0 bridgehead atoms. The Balaban J connectivity index is 2.01. The van der Waals surface area contributed by atoms with E-state index in [1.165, 1.54) is 32.4 Å². The van der Waals surface area contributed by atoms with E-state index in [0.29, 0.717) is 17.2 Å². The van der Waals surface area contributed by atoms with Crippen LogP contribution in [0.2, 0.25) is 0 Å². The summed E-state index contributed by atoms with van der Waals surface area (Å²) in [6.45, 7) is 4.16. The van der Waals surface area contributed by atoms with Gasteiger partial charge in [-0.05, 0) is 43.2 Å². The number of hydrogen-bond donors (Lipinski definition) is 1. The fraction of sp³-hybridized carbons (Fsp3) is 0.400. The fourth-order valence-corrected chi connectivity index (χ4v) is 6.02. The number of aryl methyl sites for hydroxylation is 1. The molecule has 0 radical (unpaired) electrons. The molecule has 6 heteroatoms. The molecule has 0 aliphatic carbocycles. The number of esters is 1. The van der Waals surface area contributed by atoms with Crippen LogP contribution >= 0.6 is 34.4 Å². The molecule has 21 heavy (non-hydrogen) atoms. The smallest absolute Gasteiger partial charge is 0.350 e. The lowest BCUT2D eigenvalue weighted by Crippen LogP contribution is -2.05. The van der Waals surface area contributed by atoms with Crippen LogP contribution in [-0.2, 0) is 16.9 Å². The third kappa shape index (κ3) is 2.72. The second-order valence-electron chi connectivity index (χ2n) is 4.88. The normalized spacial score (nSPS) is 14.0. The van der Waals surface area contributed by atoms with Crippen molar-refractivity contribution in [3.05, 3.63) is 26.9 Å². The van der Waals surface area contributed by atoms with Crippen molar-refractivity contribution in [3.63, 3.8) is 0 Å². The first kappa shape index (κ1) is 14.9. The Morgan fingerprint density at radius 1 is 1.43 bits per heavy atom. The maximum absolute atomic E-state index is 12.0. The molecular weight excluding hydrogens is 322 g/mol. The summed E-state index contributed by atoms with van der Waals surface area (Å²) in [5, 5.41) is 0. The van der Waals surface area contributed by atoms with Crippen LogP contribution in [0.3, 0.4) is 0 Å². The molecule has 0 saturated carbocycles. The van der Waals surface area contributed by atoms with Crippen molar-refractivity contribution in [3.8, 4) is 9.75 Å². The zero-order valence-corrected chi connectivity index (χ0v) is 14.5. The first-order valence-electron chi connectivity index (χ1n) is 6.87. The van der Waals surface area contributed by atoms with E-state index in [0.717, 1.165) is 22.6 Å². The van der Waals surface area contributed by atoms with Gasteiger partial charge in [-0.15, -0.1) is 22.7 Å². The number of carbonyl (C=O) groups excluding carboxylic acids is 1. The molecule has 1 aliphatic rings. The van der Waals surface area contributed by atoms with Crippen molar-refractivity contribution in [2.24, 2.45) is 0 Å². The predicted molar refractivity (Wildman–Crippen MR) is 92.6 cm³/mol. The number of nitrogens with two attached hydrogens (primary N) is 1. The highest BCUT2D eigenvalue weighted by Crippen LogP contribution is 2.44. The van der Waals surface area contributed by atoms with E-state index >= 15 is 0 Å². The molecule has 0 atom stereocenters. The number of anilines is 1. The number of thioether (sulfide) groups is 1. The van der Waals surface area contributed by atoms with E-state index in [1.54, 1.807) is 6.92 Å². The van der Waals surface area contributed by atoms with Crippen LogP contribution < -0.4 is 5.73 Å². The van der Waals surface area contributed by atoms with Crippen LogP contribution in [0, 0.1) is 6.92 Å². The van der Waals surface area contributed by atoms with Crippen LogP contribution in [0.5, 0.6) is 0 Å². The van der Waals surface area contributed by atoms with E-state index < -0.39 is 0 Å². The third-order valence-electron chi connectivity index (χ3n) is 3.51. The summed E-state index contributed by atoms with van der Waals surface area (Å²) in [6.07, 6.45) is 1.15. The Morgan fingerprint density at radius 3 is 2.95 bits per heavy atom. The average molecular weight is 340 g/mol. The van der Waals surface area contributed by atoms with Gasteiger partial charge in [-0.1, -0.05) is 0 Å². The zero-order valence-electron chi connectivity index (χ0n) is 12.0. The SMILES string of the molecule is CCOC(=O)c1sc(-c2cc3c(s2)CCSC3)c(C)c1N. The molecule has 1 aliphatic heterocycles.